The van der Waals surface area contributed by atoms with Crippen molar-refractivity contribution in [1.82, 2.24) is 4.98 Å². The zero-order valence-electron chi connectivity index (χ0n) is 12.8. The summed E-state index contributed by atoms with van der Waals surface area (Å²) in [7, 11) is 0. The lowest BCUT2D eigenvalue weighted by atomic mass is 10.3. The van der Waals surface area contributed by atoms with Crippen molar-refractivity contribution in [1.29, 1.82) is 0 Å². The smallest absolute Gasteiger partial charge is 0.331 e. The molecule has 2 aromatic heterocycles. The Morgan fingerprint density at radius 1 is 1.27 bits per heavy atom. The second kappa shape index (κ2) is 7.67. The normalized spacial score (nSPS) is 11.2. The van der Waals surface area contributed by atoms with Crippen molar-refractivity contribution in [2.24, 2.45) is 0 Å². The standard InChI is InChI=1S/C16H9F3N2O3S2/c17-9-6-10-15(14(19)13(9)18)21-16(26-10)20-11(22)7-24-12(23)4-3-8-2-1-5-25-8/h1-6H,7H2,(H,20,21,22)/b4-3+. The van der Waals surface area contributed by atoms with Gasteiger partial charge in [0.1, 0.15) is 5.52 Å². The van der Waals surface area contributed by atoms with Crippen molar-refractivity contribution >= 4 is 56.0 Å². The molecule has 10 heteroatoms. The van der Waals surface area contributed by atoms with E-state index in [-0.39, 0.29) is 15.3 Å². The highest BCUT2D eigenvalue weighted by Crippen LogP contribution is 2.30. The van der Waals surface area contributed by atoms with Crippen LogP contribution >= 0.6 is 22.7 Å². The number of ether oxygens (including phenoxy) is 1. The van der Waals surface area contributed by atoms with E-state index in [1.807, 2.05) is 11.4 Å². The Labute approximate surface area is 152 Å². The van der Waals surface area contributed by atoms with Gasteiger partial charge in [-0.25, -0.2) is 22.9 Å². The SMILES string of the molecule is O=C(COC(=O)/C=C/c1cccs1)Nc1nc2c(F)c(F)c(F)cc2s1. The van der Waals surface area contributed by atoms with Crippen LogP contribution in [0, 0.1) is 17.5 Å². The third kappa shape index (κ3) is 4.09. The minimum Gasteiger partial charge on any atom is -0.452 e. The summed E-state index contributed by atoms with van der Waals surface area (Å²) in [6.07, 6.45) is 2.72. The summed E-state index contributed by atoms with van der Waals surface area (Å²) >= 11 is 2.19. The van der Waals surface area contributed by atoms with E-state index in [1.54, 1.807) is 12.1 Å². The molecule has 0 aliphatic carbocycles. The molecule has 5 nitrogen and oxygen atoms in total. The molecule has 0 spiro atoms. The Morgan fingerprint density at radius 2 is 2.08 bits per heavy atom. The highest BCUT2D eigenvalue weighted by molar-refractivity contribution is 7.22. The first-order chi connectivity index (χ1) is 12.4. The van der Waals surface area contributed by atoms with Crippen LogP contribution in [-0.4, -0.2) is 23.5 Å². The monoisotopic (exact) mass is 398 g/mol. The molecule has 0 aliphatic rings. The number of nitrogens with zero attached hydrogens (tertiary/aromatic N) is 1. The quantitative estimate of drug-likeness (QED) is 0.401. The maximum absolute atomic E-state index is 13.6. The van der Waals surface area contributed by atoms with E-state index in [1.165, 1.54) is 17.4 Å². The number of hydrogen-bond donors (Lipinski definition) is 1. The Hall–Kier alpha value is -2.72. The van der Waals surface area contributed by atoms with Gasteiger partial charge in [0.15, 0.2) is 29.2 Å². The first kappa shape index (κ1) is 18.1. The van der Waals surface area contributed by atoms with Gasteiger partial charge in [-0.2, -0.15) is 0 Å². The Bertz CT molecular complexity index is 1000. The molecule has 1 N–H and O–H groups in total. The van der Waals surface area contributed by atoms with Gasteiger partial charge in [-0.1, -0.05) is 17.4 Å². The molecular weight excluding hydrogens is 389 g/mol. The second-order valence-corrected chi connectivity index (χ2v) is 6.87. The number of benzene rings is 1. The van der Waals surface area contributed by atoms with E-state index in [9.17, 15) is 22.8 Å². The van der Waals surface area contributed by atoms with E-state index in [4.69, 9.17) is 4.74 Å². The second-order valence-electron chi connectivity index (χ2n) is 4.86. The molecule has 3 rings (SSSR count). The largest absolute Gasteiger partial charge is 0.452 e. The van der Waals surface area contributed by atoms with Crippen LogP contribution in [0.15, 0.2) is 29.7 Å². The molecule has 0 saturated carbocycles. The summed E-state index contributed by atoms with van der Waals surface area (Å²) in [6.45, 7) is -0.589. The molecular formula is C16H9F3N2O3S2. The summed E-state index contributed by atoms with van der Waals surface area (Å²) in [5.41, 5.74) is -0.389. The van der Waals surface area contributed by atoms with Crippen LogP contribution in [0.3, 0.4) is 0 Å². The first-order valence-corrected chi connectivity index (χ1v) is 8.76. The van der Waals surface area contributed by atoms with Crippen LogP contribution in [-0.2, 0) is 14.3 Å². The molecule has 26 heavy (non-hydrogen) atoms. The number of halogens is 3. The molecule has 1 aromatic carbocycles. The van der Waals surface area contributed by atoms with Gasteiger partial charge in [0.2, 0.25) is 0 Å². The highest BCUT2D eigenvalue weighted by atomic mass is 32.1. The molecule has 0 bridgehead atoms. The van der Waals surface area contributed by atoms with Gasteiger partial charge < -0.3 is 4.74 Å². The average Bonchev–Trinajstić information content (AvgIpc) is 3.26. The number of hydrogen-bond acceptors (Lipinski definition) is 6. The van der Waals surface area contributed by atoms with Crippen LogP contribution in [0.1, 0.15) is 4.88 Å². The van der Waals surface area contributed by atoms with Crippen molar-refractivity contribution in [3.8, 4) is 0 Å². The van der Waals surface area contributed by atoms with Gasteiger partial charge in [0.25, 0.3) is 5.91 Å². The summed E-state index contributed by atoms with van der Waals surface area (Å²) in [5, 5.41) is 4.05. The predicted molar refractivity (Wildman–Crippen MR) is 92.4 cm³/mol. The number of thiophene rings is 1. The van der Waals surface area contributed by atoms with Crippen molar-refractivity contribution in [3.63, 3.8) is 0 Å². The van der Waals surface area contributed by atoms with Gasteiger partial charge in [0.05, 0.1) is 4.70 Å². The van der Waals surface area contributed by atoms with Crippen molar-refractivity contribution in [2.75, 3.05) is 11.9 Å². The first-order valence-electron chi connectivity index (χ1n) is 7.06. The summed E-state index contributed by atoms with van der Waals surface area (Å²) in [5.74, 6) is -5.84. The lowest BCUT2D eigenvalue weighted by molar-refractivity contribution is -0.142. The fourth-order valence-corrected chi connectivity index (χ4v) is 3.43. The number of fused-ring (bicyclic) bond motifs is 1. The topological polar surface area (TPSA) is 68.3 Å². The lowest BCUT2D eigenvalue weighted by Crippen LogP contribution is -2.20. The average molecular weight is 398 g/mol. The van der Waals surface area contributed by atoms with Crippen molar-refractivity contribution in [3.05, 3.63) is 52.0 Å². The molecule has 0 radical (unpaired) electrons. The van der Waals surface area contributed by atoms with E-state index in [0.717, 1.165) is 22.3 Å². The van der Waals surface area contributed by atoms with Crippen LogP contribution in [0.2, 0.25) is 0 Å². The molecule has 0 aliphatic heterocycles. The van der Waals surface area contributed by atoms with Crippen LogP contribution in [0.4, 0.5) is 18.3 Å². The summed E-state index contributed by atoms with van der Waals surface area (Å²) < 4.78 is 44.8. The Morgan fingerprint density at radius 3 is 2.81 bits per heavy atom. The fourth-order valence-electron chi connectivity index (χ4n) is 1.90. The molecule has 2 heterocycles. The Balaban J connectivity index is 1.59. The zero-order valence-corrected chi connectivity index (χ0v) is 14.4. The van der Waals surface area contributed by atoms with Crippen LogP contribution < -0.4 is 5.32 Å². The van der Waals surface area contributed by atoms with Crippen LogP contribution in [0.25, 0.3) is 16.3 Å². The molecule has 0 fully saturated rings. The number of aromatic nitrogens is 1. The van der Waals surface area contributed by atoms with E-state index in [2.05, 4.69) is 10.3 Å². The minimum absolute atomic E-state index is 0.0348. The molecule has 134 valence electrons. The number of carbonyl (C=O) groups is 2. The van der Waals surface area contributed by atoms with Crippen LogP contribution in [0.5, 0.6) is 0 Å². The van der Waals surface area contributed by atoms with Crippen molar-refractivity contribution < 1.29 is 27.5 Å². The van der Waals surface area contributed by atoms with Gasteiger partial charge in [-0.3, -0.25) is 10.1 Å². The van der Waals surface area contributed by atoms with E-state index >= 15 is 0 Å². The number of esters is 1. The Kier molecular flexibility index (Phi) is 5.33. The summed E-state index contributed by atoms with van der Waals surface area (Å²) in [4.78, 5) is 27.8. The van der Waals surface area contributed by atoms with Crippen molar-refractivity contribution in [2.45, 2.75) is 0 Å². The van der Waals surface area contributed by atoms with Gasteiger partial charge in [0, 0.05) is 11.0 Å². The number of carbonyl (C=O) groups excluding carboxylic acids is 2. The molecule has 0 unspecified atom stereocenters. The molecule has 1 amide bonds. The van der Waals surface area contributed by atoms with Gasteiger partial charge in [-0.15, -0.1) is 11.3 Å². The number of nitrogens with one attached hydrogen (secondary N) is 1. The predicted octanol–water partition coefficient (Wildman–Crippen LogP) is 3.97. The minimum atomic E-state index is -1.63. The third-order valence-corrected chi connectivity index (χ3v) is 4.80. The maximum Gasteiger partial charge on any atom is 0.331 e. The number of amides is 1. The fraction of sp³-hybridized carbons (Fsp3) is 0.0625. The van der Waals surface area contributed by atoms with Gasteiger partial charge >= 0.3 is 5.97 Å². The highest BCUT2D eigenvalue weighted by Gasteiger charge is 2.18. The summed E-state index contributed by atoms with van der Waals surface area (Å²) in [6, 6.07) is 4.41. The molecule has 0 atom stereocenters. The van der Waals surface area contributed by atoms with E-state index < -0.39 is 35.9 Å². The zero-order chi connectivity index (χ0) is 18.7. The third-order valence-electron chi connectivity index (χ3n) is 3.04. The van der Waals surface area contributed by atoms with Gasteiger partial charge in [-0.05, 0) is 23.6 Å². The number of anilines is 1. The maximum atomic E-state index is 13.6. The molecule has 0 saturated heterocycles. The number of thiazole rings is 1. The lowest BCUT2D eigenvalue weighted by Gasteiger charge is -2.01. The number of rotatable bonds is 5. The molecule has 3 aromatic rings. The van der Waals surface area contributed by atoms with E-state index in [0.29, 0.717) is 0 Å².